The third kappa shape index (κ3) is 1.14. The van der Waals surface area contributed by atoms with Crippen molar-refractivity contribution in [2.45, 2.75) is 6.23 Å². The fraction of sp³-hybridized carbons (Fsp3) is 0.125. The number of carbonyl (C=O) groups is 1. The molecule has 5 heteroatoms. The Morgan fingerprint density at radius 1 is 1.31 bits per heavy atom. The summed E-state index contributed by atoms with van der Waals surface area (Å²) in [5.74, 6) is -0.651. The number of ether oxygens (including phenoxy) is 1. The van der Waals surface area contributed by atoms with Crippen molar-refractivity contribution in [3.8, 4) is 0 Å². The molecule has 2 aliphatic rings. The Kier molecular flexibility index (Phi) is 1.51. The van der Waals surface area contributed by atoms with Gasteiger partial charge >= 0.3 is 12.2 Å². The Labute approximate surface area is 73.1 Å². The zero-order chi connectivity index (χ0) is 9.42. The Balaban J connectivity index is 2.50. The summed E-state index contributed by atoms with van der Waals surface area (Å²) in [6, 6.07) is 6.07. The fourth-order valence-corrected chi connectivity index (χ4v) is 1.19. The van der Waals surface area contributed by atoms with E-state index < -0.39 is 17.1 Å². The molecule has 0 amide bonds. The highest BCUT2D eigenvalue weighted by Gasteiger charge is 2.30. The van der Waals surface area contributed by atoms with Crippen LogP contribution in [0.25, 0.3) is 0 Å². The van der Waals surface area contributed by atoms with E-state index in [2.05, 4.69) is 4.74 Å². The van der Waals surface area contributed by atoms with Crippen LogP contribution in [0.15, 0.2) is 24.3 Å². The number of nitrogens with zero attached hydrogens (tertiary/aromatic N) is 1. The molecule has 0 saturated heterocycles. The zero-order valence-electron chi connectivity index (χ0n) is 6.47. The van der Waals surface area contributed by atoms with Crippen LogP contribution in [0.2, 0.25) is 0 Å². The van der Waals surface area contributed by atoms with E-state index in [1.54, 1.807) is 0 Å². The van der Waals surface area contributed by atoms with Crippen molar-refractivity contribution in [1.29, 1.82) is 0 Å². The molecule has 0 N–H and O–H groups in total. The van der Waals surface area contributed by atoms with E-state index in [1.807, 2.05) is 0 Å². The molecule has 0 spiro atoms. The normalized spacial score (nSPS) is 19.4. The third-order valence-corrected chi connectivity index (χ3v) is 1.84. The molecular weight excluding hydrogens is 174 g/mol. The number of nitro groups is 1. The van der Waals surface area contributed by atoms with E-state index in [0.29, 0.717) is 11.1 Å². The molecule has 1 aromatic rings. The predicted molar refractivity (Wildman–Crippen MR) is 41.6 cm³/mol. The van der Waals surface area contributed by atoms with Crippen molar-refractivity contribution in [1.82, 2.24) is 0 Å². The SMILES string of the molecule is O=C1OC([N+](=O)[O-])c2ccc1cc2. The molecule has 0 aliphatic carbocycles. The molecule has 1 unspecified atom stereocenters. The summed E-state index contributed by atoms with van der Waals surface area (Å²) in [5.41, 5.74) is 0.729. The number of esters is 1. The van der Waals surface area contributed by atoms with Gasteiger partial charge in [0.05, 0.1) is 16.1 Å². The number of benzene rings is 1. The highest BCUT2D eigenvalue weighted by molar-refractivity contribution is 5.90. The molecule has 2 bridgehead atoms. The molecule has 13 heavy (non-hydrogen) atoms. The highest BCUT2D eigenvalue weighted by atomic mass is 16.7. The summed E-state index contributed by atoms with van der Waals surface area (Å²) in [5, 5.41) is 10.5. The standard InChI is InChI=1S/C8H5NO4/c10-8-6-3-1-5(2-4-6)7(13-8)9(11)12/h1-4,7H. The third-order valence-electron chi connectivity index (χ3n) is 1.84. The number of fused-ring (bicyclic) bond motifs is 4. The van der Waals surface area contributed by atoms with Crippen LogP contribution in [0.1, 0.15) is 22.1 Å². The van der Waals surface area contributed by atoms with Gasteiger partial charge in [0.1, 0.15) is 0 Å². The molecule has 0 radical (unpaired) electrons. The van der Waals surface area contributed by atoms with Crippen LogP contribution >= 0.6 is 0 Å². The smallest absolute Gasteiger partial charge is 0.383 e. The molecule has 5 nitrogen and oxygen atoms in total. The van der Waals surface area contributed by atoms with Gasteiger partial charge < -0.3 is 4.74 Å². The van der Waals surface area contributed by atoms with E-state index in [4.69, 9.17) is 0 Å². The van der Waals surface area contributed by atoms with Gasteiger partial charge in [0.2, 0.25) is 0 Å². The molecule has 66 valence electrons. The minimum absolute atomic E-state index is 0.341. The van der Waals surface area contributed by atoms with Crippen molar-refractivity contribution < 1.29 is 14.5 Å². The second-order valence-corrected chi connectivity index (χ2v) is 2.67. The van der Waals surface area contributed by atoms with Crippen LogP contribution in [-0.2, 0) is 4.74 Å². The number of hydrogen-bond acceptors (Lipinski definition) is 4. The second-order valence-electron chi connectivity index (χ2n) is 2.67. The largest absolute Gasteiger partial charge is 0.390 e. The molecule has 0 fully saturated rings. The Morgan fingerprint density at radius 2 is 1.92 bits per heavy atom. The van der Waals surface area contributed by atoms with E-state index in [0.717, 1.165) is 0 Å². The van der Waals surface area contributed by atoms with E-state index >= 15 is 0 Å². The topological polar surface area (TPSA) is 69.4 Å². The molecule has 3 rings (SSSR count). The second kappa shape index (κ2) is 2.55. The fourth-order valence-electron chi connectivity index (χ4n) is 1.19. The molecule has 1 atom stereocenters. The van der Waals surface area contributed by atoms with Gasteiger partial charge in [0.25, 0.3) is 0 Å². The lowest BCUT2D eigenvalue weighted by Crippen LogP contribution is -2.15. The van der Waals surface area contributed by atoms with Crippen molar-refractivity contribution in [2.75, 3.05) is 0 Å². The summed E-state index contributed by atoms with van der Waals surface area (Å²) in [6.45, 7) is 0. The molecule has 1 aromatic carbocycles. The number of carbonyl (C=O) groups excluding carboxylic acids is 1. The summed E-state index contributed by atoms with van der Waals surface area (Å²) >= 11 is 0. The number of hydrogen-bond donors (Lipinski definition) is 0. The van der Waals surface area contributed by atoms with Gasteiger partial charge in [-0.1, -0.05) is 0 Å². The van der Waals surface area contributed by atoms with E-state index in [-0.39, 0.29) is 0 Å². The first-order chi connectivity index (χ1) is 6.18. The van der Waals surface area contributed by atoms with Gasteiger partial charge in [0, 0.05) is 0 Å². The molecule has 0 saturated carbocycles. The van der Waals surface area contributed by atoms with E-state index in [9.17, 15) is 14.9 Å². The van der Waals surface area contributed by atoms with Gasteiger partial charge in [-0.3, -0.25) is 10.1 Å². The van der Waals surface area contributed by atoms with Crippen molar-refractivity contribution >= 4 is 5.97 Å². The minimum atomic E-state index is -1.36. The number of rotatable bonds is 1. The first-order valence-corrected chi connectivity index (χ1v) is 3.63. The molecule has 2 heterocycles. The van der Waals surface area contributed by atoms with Gasteiger partial charge in [-0.05, 0) is 24.3 Å². The Morgan fingerprint density at radius 3 is 2.46 bits per heavy atom. The average molecular weight is 179 g/mol. The Hall–Kier alpha value is -1.91. The lowest BCUT2D eigenvalue weighted by Gasteiger charge is -2.05. The van der Waals surface area contributed by atoms with Crippen LogP contribution in [0, 0.1) is 10.1 Å². The van der Waals surface area contributed by atoms with E-state index in [1.165, 1.54) is 24.3 Å². The summed E-state index contributed by atoms with van der Waals surface area (Å²) < 4.78 is 4.62. The quantitative estimate of drug-likeness (QED) is 0.368. The Bertz CT molecular complexity index is 370. The van der Waals surface area contributed by atoms with Crippen LogP contribution in [-0.4, -0.2) is 10.9 Å². The maximum Gasteiger partial charge on any atom is 0.383 e. The lowest BCUT2D eigenvalue weighted by atomic mass is 10.1. The highest BCUT2D eigenvalue weighted by Crippen LogP contribution is 2.24. The van der Waals surface area contributed by atoms with Crippen molar-refractivity contribution in [3.63, 3.8) is 0 Å². The molecule has 0 aromatic heterocycles. The summed E-state index contributed by atoms with van der Waals surface area (Å²) in [4.78, 5) is 20.9. The molecular formula is C8H5NO4. The maximum atomic E-state index is 11.1. The van der Waals surface area contributed by atoms with Crippen LogP contribution in [0.3, 0.4) is 0 Å². The van der Waals surface area contributed by atoms with Crippen LogP contribution in [0.4, 0.5) is 0 Å². The van der Waals surface area contributed by atoms with Crippen molar-refractivity contribution in [3.05, 3.63) is 45.5 Å². The summed E-state index contributed by atoms with van der Waals surface area (Å²) in [7, 11) is 0. The van der Waals surface area contributed by atoms with Crippen molar-refractivity contribution in [2.24, 2.45) is 0 Å². The first kappa shape index (κ1) is 7.72. The zero-order valence-corrected chi connectivity index (χ0v) is 6.47. The predicted octanol–water partition coefficient (Wildman–Crippen LogP) is 1.13. The van der Waals surface area contributed by atoms with Crippen LogP contribution < -0.4 is 0 Å². The maximum absolute atomic E-state index is 11.1. The average Bonchev–Trinajstić information content (AvgIpc) is 2.36. The van der Waals surface area contributed by atoms with Gasteiger partial charge in [-0.15, -0.1) is 0 Å². The summed E-state index contributed by atoms with van der Waals surface area (Å²) in [6.07, 6.45) is -1.36. The molecule has 2 aliphatic heterocycles. The van der Waals surface area contributed by atoms with Gasteiger partial charge in [-0.2, -0.15) is 0 Å². The monoisotopic (exact) mass is 179 g/mol. The van der Waals surface area contributed by atoms with Gasteiger partial charge in [-0.25, -0.2) is 4.79 Å². The minimum Gasteiger partial charge on any atom is -0.390 e. The lowest BCUT2D eigenvalue weighted by molar-refractivity contribution is -0.574. The van der Waals surface area contributed by atoms with Crippen LogP contribution in [0.5, 0.6) is 0 Å². The first-order valence-electron chi connectivity index (χ1n) is 3.63. The van der Waals surface area contributed by atoms with Gasteiger partial charge in [0.15, 0.2) is 0 Å².